The van der Waals surface area contributed by atoms with Gasteiger partial charge in [0, 0.05) is 18.5 Å². The molecule has 0 radical (unpaired) electrons. The van der Waals surface area contributed by atoms with E-state index in [4.69, 9.17) is 5.73 Å². The number of anilines is 2. The largest absolute Gasteiger partial charge is 0.394 e. The lowest BCUT2D eigenvalue weighted by Crippen LogP contribution is -2.31. The molecular formula is C19H25FN8O. The average Bonchev–Trinajstić information content (AvgIpc) is 3.22. The van der Waals surface area contributed by atoms with Crippen molar-refractivity contribution in [1.82, 2.24) is 24.4 Å². The van der Waals surface area contributed by atoms with Crippen molar-refractivity contribution in [1.29, 1.82) is 5.26 Å². The number of nitriles is 1. The van der Waals surface area contributed by atoms with Crippen LogP contribution in [0.1, 0.15) is 43.3 Å². The van der Waals surface area contributed by atoms with Crippen molar-refractivity contribution >= 4 is 17.3 Å². The number of aliphatic hydroxyl groups excluding tert-OH is 1. The number of nitrogen functional groups attached to an aromatic ring is 1. The molecule has 0 amide bonds. The van der Waals surface area contributed by atoms with Crippen molar-refractivity contribution in [3.63, 3.8) is 0 Å². The molecule has 0 aliphatic heterocycles. The third-order valence-corrected chi connectivity index (χ3v) is 4.96. The Kier molecular flexibility index (Phi) is 5.44. The minimum absolute atomic E-state index is 0.162. The van der Waals surface area contributed by atoms with Crippen molar-refractivity contribution in [2.75, 3.05) is 24.2 Å². The molecule has 0 fully saturated rings. The van der Waals surface area contributed by atoms with Crippen LogP contribution in [0.2, 0.25) is 0 Å². The fourth-order valence-electron chi connectivity index (χ4n) is 3.11. The van der Waals surface area contributed by atoms with Crippen molar-refractivity contribution in [3.8, 4) is 6.07 Å². The molecule has 0 atom stereocenters. The summed E-state index contributed by atoms with van der Waals surface area (Å²) in [6.07, 6.45) is 2.28. The predicted molar refractivity (Wildman–Crippen MR) is 107 cm³/mol. The van der Waals surface area contributed by atoms with Gasteiger partial charge in [0.25, 0.3) is 0 Å². The molecule has 0 unspecified atom stereocenters. The van der Waals surface area contributed by atoms with Crippen LogP contribution in [-0.4, -0.2) is 42.6 Å². The van der Waals surface area contributed by atoms with E-state index in [0.717, 1.165) is 17.7 Å². The van der Waals surface area contributed by atoms with Crippen LogP contribution in [0.3, 0.4) is 0 Å². The van der Waals surface area contributed by atoms with Gasteiger partial charge in [0.05, 0.1) is 29.7 Å². The highest BCUT2D eigenvalue weighted by molar-refractivity contribution is 5.69. The number of aryl methyl sites for hydroxylation is 2. The van der Waals surface area contributed by atoms with Gasteiger partial charge >= 0.3 is 0 Å². The Morgan fingerprint density at radius 1 is 1.38 bits per heavy atom. The molecule has 0 aliphatic rings. The third kappa shape index (κ3) is 3.61. The number of rotatable bonds is 7. The van der Waals surface area contributed by atoms with E-state index in [1.165, 1.54) is 15.4 Å². The molecule has 3 rings (SSSR count). The highest BCUT2D eigenvalue weighted by Crippen LogP contribution is 2.25. The molecule has 0 saturated carbocycles. The monoisotopic (exact) mass is 400 g/mol. The number of nitrogens with one attached hydrogen (secondary N) is 1. The summed E-state index contributed by atoms with van der Waals surface area (Å²) < 4.78 is 17.1. The normalized spacial score (nSPS) is 11.8. The van der Waals surface area contributed by atoms with Gasteiger partial charge in [0.2, 0.25) is 0 Å². The standard InChI is InChI=1S/C19H25FN8O/c1-5-12-11(2)25-28-16(22)13(8-21)17(24-18(12)28)23-7-6-15-14(20)9-27(26-15)19(3,4)10-29/h9,29H,5-7,10,22H2,1-4H3,(H,23,24). The number of fused-ring (bicyclic) bond motifs is 1. The van der Waals surface area contributed by atoms with Crippen molar-refractivity contribution in [3.05, 3.63) is 34.5 Å². The number of nitrogens with zero attached hydrogens (tertiary/aromatic N) is 6. The maximum atomic E-state index is 14.2. The third-order valence-electron chi connectivity index (χ3n) is 4.96. The van der Waals surface area contributed by atoms with Gasteiger partial charge in [0.15, 0.2) is 11.5 Å². The second-order valence-corrected chi connectivity index (χ2v) is 7.50. The topological polar surface area (TPSA) is 130 Å². The smallest absolute Gasteiger partial charge is 0.164 e. The van der Waals surface area contributed by atoms with E-state index in [-0.39, 0.29) is 30.1 Å². The minimum atomic E-state index is -0.696. The Balaban J connectivity index is 1.85. The van der Waals surface area contributed by atoms with Gasteiger partial charge in [-0.05, 0) is 27.2 Å². The van der Waals surface area contributed by atoms with Gasteiger partial charge < -0.3 is 16.2 Å². The second kappa shape index (κ2) is 7.67. The zero-order chi connectivity index (χ0) is 21.3. The molecule has 9 nitrogen and oxygen atoms in total. The van der Waals surface area contributed by atoms with Crippen LogP contribution in [0.15, 0.2) is 6.20 Å². The summed E-state index contributed by atoms with van der Waals surface area (Å²) >= 11 is 0. The summed E-state index contributed by atoms with van der Waals surface area (Å²) in [5.74, 6) is 0.0991. The first-order valence-electron chi connectivity index (χ1n) is 9.40. The van der Waals surface area contributed by atoms with E-state index in [9.17, 15) is 14.8 Å². The first kappa shape index (κ1) is 20.5. The molecule has 0 spiro atoms. The van der Waals surface area contributed by atoms with E-state index < -0.39 is 11.4 Å². The molecular weight excluding hydrogens is 375 g/mol. The van der Waals surface area contributed by atoms with E-state index in [0.29, 0.717) is 18.0 Å². The van der Waals surface area contributed by atoms with Gasteiger partial charge in [-0.2, -0.15) is 20.0 Å². The quantitative estimate of drug-likeness (QED) is 0.551. The predicted octanol–water partition coefficient (Wildman–Crippen LogP) is 1.77. The number of nitrogens with two attached hydrogens (primary N) is 1. The molecule has 3 aromatic rings. The highest BCUT2D eigenvalue weighted by atomic mass is 19.1. The maximum Gasteiger partial charge on any atom is 0.164 e. The summed E-state index contributed by atoms with van der Waals surface area (Å²) in [6.45, 7) is 7.55. The van der Waals surface area contributed by atoms with Crippen molar-refractivity contribution in [2.24, 2.45) is 0 Å². The average molecular weight is 400 g/mol. The van der Waals surface area contributed by atoms with Crippen LogP contribution in [0.4, 0.5) is 16.0 Å². The zero-order valence-electron chi connectivity index (χ0n) is 17.0. The molecule has 154 valence electrons. The molecule has 3 heterocycles. The molecule has 0 saturated heterocycles. The van der Waals surface area contributed by atoms with Gasteiger partial charge in [0.1, 0.15) is 23.3 Å². The van der Waals surface area contributed by atoms with Crippen LogP contribution in [-0.2, 0) is 18.4 Å². The van der Waals surface area contributed by atoms with Crippen LogP contribution in [0.25, 0.3) is 5.65 Å². The van der Waals surface area contributed by atoms with Gasteiger partial charge in [-0.1, -0.05) is 6.92 Å². The molecule has 29 heavy (non-hydrogen) atoms. The highest BCUT2D eigenvalue weighted by Gasteiger charge is 2.23. The van der Waals surface area contributed by atoms with Crippen molar-refractivity contribution in [2.45, 2.75) is 46.1 Å². The molecule has 0 bridgehead atoms. The van der Waals surface area contributed by atoms with Gasteiger partial charge in [-0.15, -0.1) is 0 Å². The number of aromatic nitrogens is 5. The van der Waals surface area contributed by atoms with Crippen LogP contribution in [0.5, 0.6) is 0 Å². The van der Waals surface area contributed by atoms with E-state index in [2.05, 4.69) is 26.6 Å². The lowest BCUT2D eigenvalue weighted by atomic mass is 10.1. The summed E-state index contributed by atoms with van der Waals surface area (Å²) in [7, 11) is 0. The Morgan fingerprint density at radius 3 is 2.72 bits per heavy atom. The van der Waals surface area contributed by atoms with Crippen LogP contribution < -0.4 is 11.1 Å². The molecule has 0 aliphatic carbocycles. The first-order chi connectivity index (χ1) is 13.7. The number of hydrogen-bond donors (Lipinski definition) is 3. The lowest BCUT2D eigenvalue weighted by Gasteiger charge is -2.21. The minimum Gasteiger partial charge on any atom is -0.394 e. The van der Waals surface area contributed by atoms with Crippen LogP contribution in [0, 0.1) is 24.1 Å². The van der Waals surface area contributed by atoms with Crippen LogP contribution >= 0.6 is 0 Å². The summed E-state index contributed by atoms with van der Waals surface area (Å²) in [4.78, 5) is 4.54. The number of halogens is 1. The number of hydrogen-bond acceptors (Lipinski definition) is 7. The second-order valence-electron chi connectivity index (χ2n) is 7.50. The molecule has 0 aromatic carbocycles. The summed E-state index contributed by atoms with van der Waals surface area (Å²) in [5, 5.41) is 30.6. The van der Waals surface area contributed by atoms with E-state index >= 15 is 0 Å². The Morgan fingerprint density at radius 2 is 2.10 bits per heavy atom. The molecule has 4 N–H and O–H groups in total. The summed E-state index contributed by atoms with van der Waals surface area (Å²) in [5.41, 5.74) is 8.27. The lowest BCUT2D eigenvalue weighted by molar-refractivity contribution is 0.151. The maximum absolute atomic E-state index is 14.2. The first-order valence-corrected chi connectivity index (χ1v) is 9.40. The van der Waals surface area contributed by atoms with E-state index in [1.807, 2.05) is 13.8 Å². The number of aliphatic hydroxyl groups is 1. The molecule has 3 aromatic heterocycles. The zero-order valence-corrected chi connectivity index (χ0v) is 17.0. The Hall–Kier alpha value is -3.19. The Labute approximate surface area is 168 Å². The fraction of sp³-hybridized carbons (Fsp3) is 0.474. The van der Waals surface area contributed by atoms with Gasteiger partial charge in [-0.25, -0.2) is 9.37 Å². The molecule has 10 heteroatoms. The van der Waals surface area contributed by atoms with Crippen molar-refractivity contribution < 1.29 is 9.50 Å². The summed E-state index contributed by atoms with van der Waals surface area (Å²) in [6, 6.07) is 2.06. The van der Waals surface area contributed by atoms with E-state index in [1.54, 1.807) is 13.8 Å². The van der Waals surface area contributed by atoms with Gasteiger partial charge in [-0.3, -0.25) is 4.68 Å². The SMILES string of the molecule is CCc1c(C)nn2c(N)c(C#N)c(NCCc3nn(C(C)(C)CO)cc3F)nc12. The Bertz CT molecular complexity index is 1090. The fourth-order valence-corrected chi connectivity index (χ4v) is 3.11.